The molecule has 2 aromatic rings. The molecule has 1 spiro atoms. The molecule has 0 bridgehead atoms. The number of amides is 2. The molecule has 2 saturated heterocycles. The van der Waals surface area contributed by atoms with Crippen LogP contribution in [0.3, 0.4) is 0 Å². The number of nitrogens with zero attached hydrogens (tertiary/aromatic N) is 3. The molecule has 142 valence electrons. The fourth-order valence-electron chi connectivity index (χ4n) is 3.99. The van der Waals surface area contributed by atoms with Crippen LogP contribution >= 0.6 is 11.3 Å². The molecule has 2 aliphatic rings. The molecule has 4 rings (SSSR count). The fourth-order valence-corrected chi connectivity index (χ4v) is 4.62. The van der Waals surface area contributed by atoms with E-state index in [9.17, 15) is 9.59 Å². The third-order valence-electron chi connectivity index (χ3n) is 5.67. The molecule has 4 heterocycles. The second-order valence-corrected chi connectivity index (χ2v) is 8.29. The first-order chi connectivity index (χ1) is 13.0. The molecule has 0 saturated carbocycles. The minimum Gasteiger partial charge on any atom is -0.361 e. The van der Waals surface area contributed by atoms with Crippen LogP contribution in [0.5, 0.6) is 0 Å². The second-order valence-electron chi connectivity index (χ2n) is 7.51. The largest absolute Gasteiger partial charge is 0.361 e. The van der Waals surface area contributed by atoms with Crippen LogP contribution in [0.15, 0.2) is 33.5 Å². The van der Waals surface area contributed by atoms with Gasteiger partial charge in [0.1, 0.15) is 5.76 Å². The van der Waals surface area contributed by atoms with Gasteiger partial charge in [-0.05, 0) is 60.1 Å². The normalized spacial score (nSPS) is 19.3. The monoisotopic (exact) mass is 385 g/mol. The first-order valence-corrected chi connectivity index (χ1v) is 10.2. The van der Waals surface area contributed by atoms with Crippen molar-refractivity contribution in [3.05, 3.63) is 46.0 Å². The first-order valence-electron chi connectivity index (χ1n) is 9.27. The number of likely N-dealkylation sites (tertiary alicyclic amines) is 2. The van der Waals surface area contributed by atoms with E-state index in [1.54, 1.807) is 30.4 Å². The van der Waals surface area contributed by atoms with Crippen molar-refractivity contribution in [1.82, 2.24) is 15.0 Å². The van der Waals surface area contributed by atoms with E-state index < -0.39 is 0 Å². The molecule has 2 fully saturated rings. The van der Waals surface area contributed by atoms with Crippen LogP contribution in [0.1, 0.15) is 41.1 Å². The summed E-state index contributed by atoms with van der Waals surface area (Å²) in [5.74, 6) is 0.663. The second kappa shape index (κ2) is 7.31. The van der Waals surface area contributed by atoms with Gasteiger partial charge in [0, 0.05) is 38.3 Å². The van der Waals surface area contributed by atoms with Crippen molar-refractivity contribution in [2.45, 2.75) is 26.2 Å². The van der Waals surface area contributed by atoms with Crippen LogP contribution in [-0.4, -0.2) is 52.9 Å². The van der Waals surface area contributed by atoms with Crippen molar-refractivity contribution in [1.29, 1.82) is 0 Å². The van der Waals surface area contributed by atoms with E-state index in [1.807, 2.05) is 32.7 Å². The Hall–Kier alpha value is -2.41. The smallest absolute Gasteiger partial charge is 0.276 e. The van der Waals surface area contributed by atoms with Gasteiger partial charge in [0.2, 0.25) is 5.91 Å². The number of carbonyl (C=O) groups excluding carboxylic acids is 2. The molecular formula is C20H23N3O3S. The Kier molecular flexibility index (Phi) is 4.86. The minimum absolute atomic E-state index is 0.0547. The number of piperidine rings is 1. The molecule has 2 amide bonds. The van der Waals surface area contributed by atoms with E-state index in [0.29, 0.717) is 11.5 Å². The minimum atomic E-state index is -0.0547. The maximum atomic E-state index is 12.6. The number of hydrogen-bond acceptors (Lipinski definition) is 5. The predicted molar refractivity (Wildman–Crippen MR) is 103 cm³/mol. The molecule has 27 heavy (non-hydrogen) atoms. The average Bonchev–Trinajstić information content (AvgIpc) is 3.41. The molecule has 0 aliphatic carbocycles. The van der Waals surface area contributed by atoms with Crippen molar-refractivity contribution < 1.29 is 14.1 Å². The highest BCUT2D eigenvalue weighted by Crippen LogP contribution is 2.40. The fraction of sp³-hybridized carbons (Fsp3) is 0.450. The number of carbonyl (C=O) groups is 2. The van der Waals surface area contributed by atoms with Gasteiger partial charge in [0.25, 0.3) is 5.91 Å². The molecule has 2 aliphatic heterocycles. The summed E-state index contributed by atoms with van der Waals surface area (Å²) in [6.45, 7) is 4.77. The van der Waals surface area contributed by atoms with Crippen molar-refractivity contribution >= 4 is 29.2 Å². The van der Waals surface area contributed by atoms with E-state index >= 15 is 0 Å². The van der Waals surface area contributed by atoms with E-state index in [0.717, 1.165) is 51.0 Å². The van der Waals surface area contributed by atoms with Crippen LogP contribution in [0, 0.1) is 12.3 Å². The quantitative estimate of drug-likeness (QED) is 0.761. The van der Waals surface area contributed by atoms with E-state index in [2.05, 4.69) is 5.16 Å². The van der Waals surface area contributed by atoms with E-state index in [-0.39, 0.29) is 17.2 Å². The summed E-state index contributed by atoms with van der Waals surface area (Å²) in [6, 6.07) is 3.69. The third-order valence-corrected chi connectivity index (χ3v) is 6.37. The van der Waals surface area contributed by atoms with Gasteiger partial charge in [-0.1, -0.05) is 5.16 Å². The summed E-state index contributed by atoms with van der Waals surface area (Å²) in [5, 5.41) is 7.87. The molecule has 0 N–H and O–H groups in total. The summed E-state index contributed by atoms with van der Waals surface area (Å²) in [6.07, 6.45) is 6.40. The molecule has 0 unspecified atom stereocenters. The van der Waals surface area contributed by atoms with E-state index in [4.69, 9.17) is 4.52 Å². The van der Waals surface area contributed by atoms with Gasteiger partial charge in [-0.25, -0.2) is 0 Å². The first kappa shape index (κ1) is 18.0. The highest BCUT2D eigenvalue weighted by Gasteiger charge is 2.43. The highest BCUT2D eigenvalue weighted by atomic mass is 32.1. The lowest BCUT2D eigenvalue weighted by Gasteiger charge is -2.38. The maximum Gasteiger partial charge on any atom is 0.276 e. The van der Waals surface area contributed by atoms with Gasteiger partial charge in [-0.15, -0.1) is 0 Å². The van der Waals surface area contributed by atoms with Gasteiger partial charge in [-0.3, -0.25) is 9.59 Å². The molecule has 0 aromatic carbocycles. The topological polar surface area (TPSA) is 66.7 Å². The molecule has 2 aromatic heterocycles. The van der Waals surface area contributed by atoms with Crippen LogP contribution < -0.4 is 0 Å². The summed E-state index contributed by atoms with van der Waals surface area (Å²) in [4.78, 5) is 28.8. The Morgan fingerprint density at radius 3 is 2.59 bits per heavy atom. The average molecular weight is 385 g/mol. The third kappa shape index (κ3) is 3.83. The SMILES string of the molecule is Cc1cc(C(=O)N2CCC3(CCN(C(=O)C=Cc4ccsc4)CC3)C2)no1. The van der Waals surface area contributed by atoms with Crippen LogP contribution in [0.2, 0.25) is 0 Å². The van der Waals surface area contributed by atoms with Gasteiger partial charge in [-0.2, -0.15) is 11.3 Å². The lowest BCUT2D eigenvalue weighted by atomic mass is 9.78. The van der Waals surface area contributed by atoms with Gasteiger partial charge in [0.15, 0.2) is 5.69 Å². The van der Waals surface area contributed by atoms with Gasteiger partial charge < -0.3 is 14.3 Å². The number of thiophene rings is 1. The maximum absolute atomic E-state index is 12.6. The summed E-state index contributed by atoms with van der Waals surface area (Å²) < 4.78 is 5.02. The zero-order chi connectivity index (χ0) is 18.9. The molecule has 0 radical (unpaired) electrons. The highest BCUT2D eigenvalue weighted by molar-refractivity contribution is 7.08. The predicted octanol–water partition coefficient (Wildman–Crippen LogP) is 3.21. The summed E-state index contributed by atoms with van der Waals surface area (Å²) in [7, 11) is 0. The standard InChI is InChI=1S/C20H23N3O3S/c1-15-12-17(21-26-15)19(25)23-10-7-20(14-23)5-8-22(9-6-20)18(24)3-2-16-4-11-27-13-16/h2-4,11-13H,5-10,14H2,1H3. The Balaban J connectivity index is 1.32. The van der Waals surface area contributed by atoms with Gasteiger partial charge in [0.05, 0.1) is 0 Å². The van der Waals surface area contributed by atoms with Crippen molar-refractivity contribution in [2.75, 3.05) is 26.2 Å². The number of aryl methyl sites for hydroxylation is 1. The molecular weight excluding hydrogens is 362 g/mol. The lowest BCUT2D eigenvalue weighted by Crippen LogP contribution is -2.44. The molecule has 6 nitrogen and oxygen atoms in total. The zero-order valence-electron chi connectivity index (χ0n) is 15.4. The lowest BCUT2D eigenvalue weighted by molar-refractivity contribution is -0.128. The molecule has 0 atom stereocenters. The van der Waals surface area contributed by atoms with E-state index in [1.165, 1.54) is 0 Å². The number of hydrogen-bond donors (Lipinski definition) is 0. The van der Waals surface area contributed by atoms with Crippen LogP contribution in [-0.2, 0) is 4.79 Å². The van der Waals surface area contributed by atoms with Crippen molar-refractivity contribution in [3.8, 4) is 0 Å². The summed E-state index contributed by atoms with van der Waals surface area (Å²) in [5.41, 5.74) is 1.58. The zero-order valence-corrected chi connectivity index (χ0v) is 16.2. The van der Waals surface area contributed by atoms with Crippen molar-refractivity contribution in [3.63, 3.8) is 0 Å². The number of rotatable bonds is 3. The Bertz CT molecular complexity index is 848. The Morgan fingerprint density at radius 1 is 1.22 bits per heavy atom. The summed E-state index contributed by atoms with van der Waals surface area (Å²) >= 11 is 1.62. The number of aromatic nitrogens is 1. The van der Waals surface area contributed by atoms with Crippen molar-refractivity contribution in [2.24, 2.45) is 5.41 Å². The van der Waals surface area contributed by atoms with Crippen LogP contribution in [0.4, 0.5) is 0 Å². The Morgan fingerprint density at radius 2 is 1.96 bits per heavy atom. The molecule has 7 heteroatoms. The van der Waals surface area contributed by atoms with Gasteiger partial charge >= 0.3 is 0 Å². The van der Waals surface area contributed by atoms with Crippen LogP contribution in [0.25, 0.3) is 6.08 Å². The Labute approximate surface area is 162 Å².